The summed E-state index contributed by atoms with van der Waals surface area (Å²) in [6, 6.07) is 8.15. The van der Waals surface area contributed by atoms with Crippen LogP contribution < -0.4 is 5.32 Å². The maximum Gasteiger partial charge on any atom is 0.220 e. The van der Waals surface area contributed by atoms with E-state index in [0.717, 1.165) is 11.9 Å². The van der Waals surface area contributed by atoms with E-state index in [1.807, 2.05) is 38.2 Å². The lowest BCUT2D eigenvalue weighted by molar-refractivity contribution is -0.121. The standard InChI is InChI=1S/C16H22N2O2/c1-3-20-12(2)10-18-16(19)9-8-13-11-17-15-7-5-4-6-14(13)15/h4-7,11-12,17H,3,8-10H2,1-2H3,(H,18,19). The second-order valence-electron chi connectivity index (χ2n) is 4.93. The maximum absolute atomic E-state index is 11.8. The van der Waals surface area contributed by atoms with Crippen molar-refractivity contribution in [2.45, 2.75) is 32.8 Å². The first-order valence-corrected chi connectivity index (χ1v) is 7.14. The van der Waals surface area contributed by atoms with Gasteiger partial charge in [0.25, 0.3) is 0 Å². The molecule has 4 heteroatoms. The Hall–Kier alpha value is -1.81. The molecule has 1 heterocycles. The lowest BCUT2D eigenvalue weighted by atomic mass is 10.1. The SMILES string of the molecule is CCOC(C)CNC(=O)CCc1c[nH]c2ccccc12. The molecule has 1 atom stereocenters. The van der Waals surface area contributed by atoms with E-state index in [1.165, 1.54) is 10.9 Å². The molecule has 1 amide bonds. The fraction of sp³-hybridized carbons (Fsp3) is 0.438. The van der Waals surface area contributed by atoms with Crippen LogP contribution in [0, 0.1) is 0 Å². The lowest BCUT2D eigenvalue weighted by Crippen LogP contribution is -2.32. The number of aromatic nitrogens is 1. The van der Waals surface area contributed by atoms with E-state index in [0.29, 0.717) is 19.6 Å². The molecule has 108 valence electrons. The van der Waals surface area contributed by atoms with Gasteiger partial charge in [-0.2, -0.15) is 0 Å². The first-order valence-electron chi connectivity index (χ1n) is 7.14. The van der Waals surface area contributed by atoms with Gasteiger partial charge in [-0.3, -0.25) is 4.79 Å². The van der Waals surface area contributed by atoms with Gasteiger partial charge in [0.1, 0.15) is 0 Å². The first kappa shape index (κ1) is 14.6. The van der Waals surface area contributed by atoms with Gasteiger partial charge in [0.05, 0.1) is 6.10 Å². The summed E-state index contributed by atoms with van der Waals surface area (Å²) in [5.41, 5.74) is 2.31. The zero-order chi connectivity index (χ0) is 14.4. The van der Waals surface area contributed by atoms with Crippen molar-refractivity contribution in [3.05, 3.63) is 36.0 Å². The Morgan fingerprint density at radius 2 is 2.20 bits per heavy atom. The van der Waals surface area contributed by atoms with Gasteiger partial charge in [0, 0.05) is 36.7 Å². The number of hydrogen-bond acceptors (Lipinski definition) is 2. The first-order chi connectivity index (χ1) is 9.70. The molecule has 0 bridgehead atoms. The number of nitrogens with one attached hydrogen (secondary N) is 2. The third-order valence-corrected chi connectivity index (χ3v) is 3.33. The number of carbonyl (C=O) groups is 1. The van der Waals surface area contributed by atoms with E-state index in [1.54, 1.807) is 0 Å². The Bertz CT molecular complexity index is 562. The Labute approximate surface area is 119 Å². The number of fused-ring (bicyclic) bond motifs is 1. The van der Waals surface area contributed by atoms with Crippen molar-refractivity contribution in [3.63, 3.8) is 0 Å². The number of rotatable bonds is 7. The van der Waals surface area contributed by atoms with E-state index in [9.17, 15) is 4.79 Å². The summed E-state index contributed by atoms with van der Waals surface area (Å²) in [6.45, 7) is 5.16. The Kier molecular flexibility index (Phi) is 5.18. The maximum atomic E-state index is 11.8. The highest BCUT2D eigenvalue weighted by Crippen LogP contribution is 2.18. The van der Waals surface area contributed by atoms with E-state index in [4.69, 9.17) is 4.74 Å². The molecule has 1 unspecified atom stereocenters. The van der Waals surface area contributed by atoms with Crippen LogP contribution in [0.4, 0.5) is 0 Å². The number of aromatic amines is 1. The molecule has 20 heavy (non-hydrogen) atoms. The van der Waals surface area contributed by atoms with Crippen LogP contribution in [0.25, 0.3) is 10.9 Å². The van der Waals surface area contributed by atoms with Crippen LogP contribution in [0.15, 0.2) is 30.5 Å². The smallest absolute Gasteiger partial charge is 0.220 e. The minimum absolute atomic E-state index is 0.0667. The molecular weight excluding hydrogens is 252 g/mol. The average molecular weight is 274 g/mol. The van der Waals surface area contributed by atoms with E-state index in [-0.39, 0.29) is 12.0 Å². The van der Waals surface area contributed by atoms with E-state index >= 15 is 0 Å². The number of benzene rings is 1. The third-order valence-electron chi connectivity index (χ3n) is 3.33. The molecule has 2 N–H and O–H groups in total. The van der Waals surface area contributed by atoms with Crippen molar-refractivity contribution in [1.29, 1.82) is 0 Å². The van der Waals surface area contributed by atoms with Crippen LogP contribution in [0.3, 0.4) is 0 Å². The molecule has 1 aromatic carbocycles. The van der Waals surface area contributed by atoms with Gasteiger partial charge < -0.3 is 15.0 Å². The van der Waals surface area contributed by atoms with Crippen LogP contribution in [0.2, 0.25) is 0 Å². The molecule has 0 aliphatic rings. The fourth-order valence-electron chi connectivity index (χ4n) is 2.28. The molecule has 2 rings (SSSR count). The minimum atomic E-state index is 0.0667. The highest BCUT2D eigenvalue weighted by Gasteiger charge is 2.08. The number of para-hydroxylation sites is 1. The van der Waals surface area contributed by atoms with Crippen LogP contribution >= 0.6 is 0 Å². The molecule has 2 aromatic rings. The van der Waals surface area contributed by atoms with Crippen molar-refractivity contribution in [2.24, 2.45) is 0 Å². The topological polar surface area (TPSA) is 54.1 Å². The lowest BCUT2D eigenvalue weighted by Gasteiger charge is -2.12. The molecule has 0 aliphatic carbocycles. The quantitative estimate of drug-likeness (QED) is 0.815. The second kappa shape index (κ2) is 7.10. The Balaban J connectivity index is 1.81. The summed E-state index contributed by atoms with van der Waals surface area (Å²) in [5.74, 6) is 0.0711. The van der Waals surface area contributed by atoms with E-state index in [2.05, 4.69) is 16.4 Å². The number of hydrogen-bond donors (Lipinski definition) is 2. The molecule has 0 spiro atoms. The Morgan fingerprint density at radius 1 is 1.40 bits per heavy atom. The molecule has 0 saturated carbocycles. The van der Waals surface area contributed by atoms with Gasteiger partial charge in [-0.05, 0) is 31.9 Å². The number of aryl methyl sites for hydroxylation is 1. The van der Waals surface area contributed by atoms with Crippen molar-refractivity contribution in [3.8, 4) is 0 Å². The molecule has 0 saturated heterocycles. The van der Waals surface area contributed by atoms with Crippen molar-refractivity contribution in [2.75, 3.05) is 13.2 Å². The third kappa shape index (κ3) is 3.84. The van der Waals surface area contributed by atoms with Gasteiger partial charge >= 0.3 is 0 Å². The zero-order valence-electron chi connectivity index (χ0n) is 12.1. The summed E-state index contributed by atoms with van der Waals surface area (Å²) in [4.78, 5) is 15.0. The predicted octanol–water partition coefficient (Wildman–Crippen LogP) is 2.64. The molecule has 0 fully saturated rings. The number of H-pyrrole nitrogens is 1. The van der Waals surface area contributed by atoms with Gasteiger partial charge in [0.15, 0.2) is 0 Å². The van der Waals surface area contributed by atoms with Crippen molar-refractivity contribution in [1.82, 2.24) is 10.3 Å². The highest BCUT2D eigenvalue weighted by atomic mass is 16.5. The largest absolute Gasteiger partial charge is 0.377 e. The summed E-state index contributed by atoms with van der Waals surface area (Å²) >= 11 is 0. The summed E-state index contributed by atoms with van der Waals surface area (Å²) in [6.07, 6.45) is 3.30. The second-order valence-corrected chi connectivity index (χ2v) is 4.93. The van der Waals surface area contributed by atoms with Gasteiger partial charge in [-0.25, -0.2) is 0 Å². The summed E-state index contributed by atoms with van der Waals surface area (Å²) < 4.78 is 5.38. The van der Waals surface area contributed by atoms with Crippen molar-refractivity contribution < 1.29 is 9.53 Å². The molecular formula is C16H22N2O2. The average Bonchev–Trinajstić information content (AvgIpc) is 2.86. The zero-order valence-corrected chi connectivity index (χ0v) is 12.1. The summed E-state index contributed by atoms with van der Waals surface area (Å²) in [7, 11) is 0. The normalized spacial score (nSPS) is 12.5. The van der Waals surface area contributed by atoms with Crippen LogP contribution in [-0.4, -0.2) is 30.1 Å². The van der Waals surface area contributed by atoms with Crippen LogP contribution in [-0.2, 0) is 16.0 Å². The summed E-state index contributed by atoms with van der Waals surface area (Å²) in [5, 5.41) is 4.10. The molecule has 0 radical (unpaired) electrons. The number of amides is 1. The highest BCUT2D eigenvalue weighted by molar-refractivity contribution is 5.84. The molecule has 1 aromatic heterocycles. The van der Waals surface area contributed by atoms with Crippen molar-refractivity contribution >= 4 is 16.8 Å². The number of carbonyl (C=O) groups excluding carboxylic acids is 1. The monoisotopic (exact) mass is 274 g/mol. The van der Waals surface area contributed by atoms with Gasteiger partial charge in [-0.15, -0.1) is 0 Å². The fourth-order valence-corrected chi connectivity index (χ4v) is 2.28. The van der Waals surface area contributed by atoms with Gasteiger partial charge in [0.2, 0.25) is 5.91 Å². The van der Waals surface area contributed by atoms with Crippen LogP contribution in [0.1, 0.15) is 25.8 Å². The van der Waals surface area contributed by atoms with Gasteiger partial charge in [-0.1, -0.05) is 18.2 Å². The molecule has 4 nitrogen and oxygen atoms in total. The number of ether oxygens (including phenoxy) is 1. The van der Waals surface area contributed by atoms with Crippen LogP contribution in [0.5, 0.6) is 0 Å². The minimum Gasteiger partial charge on any atom is -0.377 e. The van der Waals surface area contributed by atoms with E-state index < -0.39 is 0 Å². The Morgan fingerprint density at radius 3 is 3.00 bits per heavy atom. The predicted molar refractivity (Wildman–Crippen MR) is 80.7 cm³/mol. The molecule has 0 aliphatic heterocycles.